The number of allylic oxidation sites excluding steroid dienone is 1. The highest BCUT2D eigenvalue weighted by Gasteiger charge is 1.98. The molecule has 0 saturated heterocycles. The average molecular weight is 176 g/mol. The maximum atomic E-state index is 12.5. The van der Waals surface area contributed by atoms with Crippen LogP contribution in [0.5, 0.6) is 0 Å². The lowest BCUT2D eigenvalue weighted by atomic mass is 10.1. The predicted molar refractivity (Wildman–Crippen MR) is 50.3 cm³/mol. The van der Waals surface area contributed by atoms with E-state index in [4.69, 9.17) is 11.5 Å². The Hall–Kier alpha value is -1.59. The molecule has 1 aromatic carbocycles. The van der Waals surface area contributed by atoms with Crippen molar-refractivity contribution in [2.24, 2.45) is 0 Å². The van der Waals surface area contributed by atoms with Gasteiger partial charge in [-0.05, 0) is 29.3 Å². The number of terminal acetylenes is 1. The van der Waals surface area contributed by atoms with Gasteiger partial charge in [0.05, 0.1) is 6.61 Å². The van der Waals surface area contributed by atoms with Crippen molar-refractivity contribution in [1.29, 1.82) is 0 Å². The maximum absolute atomic E-state index is 12.5. The second kappa shape index (κ2) is 4.44. The van der Waals surface area contributed by atoms with E-state index in [2.05, 4.69) is 5.92 Å². The van der Waals surface area contributed by atoms with E-state index in [9.17, 15) is 4.39 Å². The molecule has 0 radical (unpaired) electrons. The van der Waals surface area contributed by atoms with Crippen LogP contribution in [0.1, 0.15) is 5.56 Å². The van der Waals surface area contributed by atoms with Gasteiger partial charge >= 0.3 is 0 Å². The summed E-state index contributed by atoms with van der Waals surface area (Å²) >= 11 is 0. The van der Waals surface area contributed by atoms with Gasteiger partial charge in [0.1, 0.15) is 5.82 Å². The Bertz CT molecular complexity index is 343. The smallest absolute Gasteiger partial charge is 0.123 e. The molecule has 0 spiro atoms. The van der Waals surface area contributed by atoms with E-state index in [-0.39, 0.29) is 12.4 Å². The third-order valence-electron chi connectivity index (χ3n) is 1.64. The molecule has 1 aromatic rings. The molecule has 2 heteroatoms. The summed E-state index contributed by atoms with van der Waals surface area (Å²) in [5, 5.41) is 8.92. The number of halogens is 1. The van der Waals surface area contributed by atoms with Gasteiger partial charge in [0.15, 0.2) is 0 Å². The van der Waals surface area contributed by atoms with E-state index >= 15 is 0 Å². The summed E-state index contributed by atoms with van der Waals surface area (Å²) in [5.41, 5.74) is 1.35. The Balaban J connectivity index is 3.01. The van der Waals surface area contributed by atoms with Crippen LogP contribution in [0, 0.1) is 18.2 Å². The van der Waals surface area contributed by atoms with Crippen molar-refractivity contribution in [3.63, 3.8) is 0 Å². The fourth-order valence-corrected chi connectivity index (χ4v) is 0.985. The van der Waals surface area contributed by atoms with Gasteiger partial charge in [0.2, 0.25) is 0 Å². The van der Waals surface area contributed by atoms with Crippen molar-refractivity contribution in [3.05, 3.63) is 41.7 Å². The molecule has 0 heterocycles. The molecule has 13 heavy (non-hydrogen) atoms. The van der Waals surface area contributed by atoms with Crippen LogP contribution in [0.2, 0.25) is 0 Å². The molecule has 0 aromatic heterocycles. The molecule has 0 unspecified atom stereocenters. The summed E-state index contributed by atoms with van der Waals surface area (Å²) in [6.45, 7) is -0.143. The van der Waals surface area contributed by atoms with Gasteiger partial charge in [-0.15, -0.1) is 6.42 Å². The molecule has 0 aliphatic rings. The summed E-state index contributed by atoms with van der Waals surface area (Å²) in [6.07, 6.45) is 6.53. The minimum atomic E-state index is -0.304. The van der Waals surface area contributed by atoms with Crippen LogP contribution in [-0.4, -0.2) is 11.7 Å². The minimum Gasteiger partial charge on any atom is -0.392 e. The van der Waals surface area contributed by atoms with Crippen LogP contribution < -0.4 is 0 Å². The number of benzene rings is 1. The lowest BCUT2D eigenvalue weighted by Gasteiger charge is -2.01. The maximum Gasteiger partial charge on any atom is 0.123 e. The Morgan fingerprint density at radius 2 is 2.08 bits per heavy atom. The summed E-state index contributed by atoms with van der Waals surface area (Å²) < 4.78 is 12.5. The van der Waals surface area contributed by atoms with Gasteiger partial charge in [-0.3, -0.25) is 0 Å². The van der Waals surface area contributed by atoms with E-state index in [1.807, 2.05) is 0 Å². The Morgan fingerprint density at radius 3 is 2.54 bits per heavy atom. The Morgan fingerprint density at radius 1 is 1.46 bits per heavy atom. The molecular formula is C11H9FO. The molecule has 0 saturated carbocycles. The van der Waals surface area contributed by atoms with Gasteiger partial charge in [0, 0.05) is 0 Å². The first-order valence-electron chi connectivity index (χ1n) is 3.80. The molecule has 1 nitrogen and oxygen atoms in total. The van der Waals surface area contributed by atoms with Crippen LogP contribution in [0.3, 0.4) is 0 Å². The van der Waals surface area contributed by atoms with Gasteiger partial charge in [-0.2, -0.15) is 0 Å². The number of aliphatic hydroxyl groups is 1. The molecule has 0 fully saturated rings. The van der Waals surface area contributed by atoms with Crippen molar-refractivity contribution in [2.45, 2.75) is 0 Å². The lowest BCUT2D eigenvalue weighted by molar-refractivity contribution is 0.350. The number of hydrogen-bond acceptors (Lipinski definition) is 1. The van der Waals surface area contributed by atoms with Gasteiger partial charge in [-0.1, -0.05) is 18.1 Å². The zero-order valence-corrected chi connectivity index (χ0v) is 7.00. The van der Waals surface area contributed by atoms with E-state index in [1.54, 1.807) is 12.1 Å². The minimum absolute atomic E-state index is 0.143. The third-order valence-corrected chi connectivity index (χ3v) is 1.64. The van der Waals surface area contributed by atoms with E-state index < -0.39 is 0 Å². The van der Waals surface area contributed by atoms with E-state index in [1.165, 1.54) is 18.2 Å². The second-order valence-electron chi connectivity index (χ2n) is 2.50. The third kappa shape index (κ3) is 2.43. The highest BCUT2D eigenvalue weighted by Crippen LogP contribution is 2.13. The topological polar surface area (TPSA) is 20.2 Å². The normalized spacial score (nSPS) is 11.0. The SMILES string of the molecule is C#C/C=C(\CO)c1ccc(F)cc1. The fraction of sp³-hybridized carbons (Fsp3) is 0.0909. The van der Waals surface area contributed by atoms with Crippen LogP contribution in [-0.2, 0) is 0 Å². The summed E-state index contributed by atoms with van der Waals surface area (Å²) in [7, 11) is 0. The summed E-state index contributed by atoms with van der Waals surface area (Å²) in [6, 6.07) is 5.81. The second-order valence-corrected chi connectivity index (χ2v) is 2.50. The largest absolute Gasteiger partial charge is 0.392 e. The quantitative estimate of drug-likeness (QED) is 0.681. The molecule has 0 amide bonds. The highest BCUT2D eigenvalue weighted by molar-refractivity contribution is 5.68. The Labute approximate surface area is 76.5 Å². The van der Waals surface area contributed by atoms with Crippen molar-refractivity contribution in [3.8, 4) is 12.3 Å². The van der Waals surface area contributed by atoms with Crippen LogP contribution in [0.25, 0.3) is 5.57 Å². The monoisotopic (exact) mass is 176 g/mol. The van der Waals surface area contributed by atoms with Gasteiger partial charge in [0.25, 0.3) is 0 Å². The summed E-state index contributed by atoms with van der Waals surface area (Å²) in [5.74, 6) is 2.01. The number of rotatable bonds is 2. The summed E-state index contributed by atoms with van der Waals surface area (Å²) in [4.78, 5) is 0. The zero-order valence-electron chi connectivity index (χ0n) is 7.00. The molecule has 1 rings (SSSR count). The fourth-order valence-electron chi connectivity index (χ4n) is 0.985. The van der Waals surface area contributed by atoms with Gasteiger partial charge in [-0.25, -0.2) is 4.39 Å². The Kier molecular flexibility index (Phi) is 3.24. The van der Waals surface area contributed by atoms with Gasteiger partial charge < -0.3 is 5.11 Å². The molecule has 0 aliphatic carbocycles. The molecule has 1 N–H and O–H groups in total. The molecule has 66 valence electrons. The molecule has 0 aliphatic heterocycles. The van der Waals surface area contributed by atoms with Crippen molar-refractivity contribution in [1.82, 2.24) is 0 Å². The molecule has 0 bridgehead atoms. The first kappa shape index (κ1) is 9.50. The van der Waals surface area contributed by atoms with Crippen molar-refractivity contribution >= 4 is 5.57 Å². The molecule has 0 atom stereocenters. The van der Waals surface area contributed by atoms with Crippen LogP contribution in [0.15, 0.2) is 30.3 Å². The van der Waals surface area contributed by atoms with E-state index in [0.717, 1.165) is 5.56 Å². The predicted octanol–water partition coefficient (Wildman–Crippen LogP) is 1.83. The van der Waals surface area contributed by atoms with Crippen molar-refractivity contribution < 1.29 is 9.50 Å². The standard InChI is InChI=1S/C11H9FO/c1-2-3-10(8-13)9-4-6-11(12)7-5-9/h1,3-7,13H,8H2/b10-3+. The average Bonchev–Trinajstić information content (AvgIpc) is 2.16. The number of aliphatic hydroxyl groups excluding tert-OH is 1. The van der Waals surface area contributed by atoms with Crippen LogP contribution >= 0.6 is 0 Å². The first-order valence-corrected chi connectivity index (χ1v) is 3.80. The van der Waals surface area contributed by atoms with E-state index in [0.29, 0.717) is 5.57 Å². The zero-order chi connectivity index (χ0) is 9.68. The first-order chi connectivity index (χ1) is 6.27. The lowest BCUT2D eigenvalue weighted by Crippen LogP contribution is -1.90. The number of hydrogen-bond donors (Lipinski definition) is 1. The highest BCUT2D eigenvalue weighted by atomic mass is 19.1. The molecular weight excluding hydrogens is 167 g/mol. The van der Waals surface area contributed by atoms with Crippen molar-refractivity contribution in [2.75, 3.05) is 6.61 Å². The van der Waals surface area contributed by atoms with Crippen LogP contribution in [0.4, 0.5) is 4.39 Å².